The van der Waals surface area contributed by atoms with Gasteiger partial charge in [0, 0.05) is 18.2 Å². The van der Waals surface area contributed by atoms with Gasteiger partial charge in [0.1, 0.15) is 0 Å². The van der Waals surface area contributed by atoms with E-state index in [1.807, 2.05) is 13.0 Å². The van der Waals surface area contributed by atoms with Crippen LogP contribution < -0.4 is 5.32 Å². The quantitative estimate of drug-likeness (QED) is 0.893. The molecule has 0 bridgehead atoms. The Labute approximate surface area is 126 Å². The summed E-state index contributed by atoms with van der Waals surface area (Å²) < 4.78 is 0. The number of hydrogen-bond acceptors (Lipinski definition) is 2. The Morgan fingerprint density at radius 1 is 1.19 bits per heavy atom. The summed E-state index contributed by atoms with van der Waals surface area (Å²) in [5.41, 5.74) is 3.25. The Kier molecular flexibility index (Phi) is 4.29. The number of aliphatic hydroxyl groups is 1. The van der Waals surface area contributed by atoms with E-state index in [0.29, 0.717) is 11.8 Å². The highest BCUT2D eigenvalue weighted by Gasteiger charge is 2.29. The second kappa shape index (κ2) is 6.18. The van der Waals surface area contributed by atoms with E-state index < -0.39 is 0 Å². The molecule has 2 aliphatic carbocycles. The predicted molar refractivity (Wildman–Crippen MR) is 83.5 cm³/mol. The average Bonchev–Trinajstić information content (AvgIpc) is 3.32. The van der Waals surface area contributed by atoms with E-state index in [4.69, 9.17) is 0 Å². The van der Waals surface area contributed by atoms with Gasteiger partial charge in [-0.2, -0.15) is 0 Å². The van der Waals surface area contributed by atoms with Crippen molar-refractivity contribution in [2.75, 3.05) is 6.61 Å². The summed E-state index contributed by atoms with van der Waals surface area (Å²) in [4.78, 5) is 12.6. The molecule has 1 aromatic rings. The van der Waals surface area contributed by atoms with Crippen LogP contribution in [0.2, 0.25) is 0 Å². The summed E-state index contributed by atoms with van der Waals surface area (Å²) in [6, 6.07) is 6.54. The second-order valence-electron chi connectivity index (χ2n) is 6.74. The first-order valence-electron chi connectivity index (χ1n) is 8.19. The summed E-state index contributed by atoms with van der Waals surface area (Å²) >= 11 is 0. The number of carbonyl (C=O) groups excluding carboxylic acids is 1. The number of nitrogens with one attached hydrogen (secondary N) is 1. The minimum absolute atomic E-state index is 0.0908. The van der Waals surface area contributed by atoms with Gasteiger partial charge in [0.25, 0.3) is 5.91 Å². The van der Waals surface area contributed by atoms with Gasteiger partial charge in [0.15, 0.2) is 0 Å². The third-order valence-corrected chi connectivity index (χ3v) is 4.91. The number of carbonyl (C=O) groups is 1. The maximum Gasteiger partial charge on any atom is 0.251 e. The molecule has 114 valence electrons. The van der Waals surface area contributed by atoms with Crippen molar-refractivity contribution in [2.24, 2.45) is 5.92 Å². The highest BCUT2D eigenvalue weighted by atomic mass is 16.3. The van der Waals surface area contributed by atoms with Crippen molar-refractivity contribution in [3.63, 3.8) is 0 Å². The van der Waals surface area contributed by atoms with Crippen LogP contribution in [0.1, 0.15) is 65.9 Å². The van der Waals surface area contributed by atoms with Crippen LogP contribution in [0.3, 0.4) is 0 Å². The monoisotopic (exact) mass is 287 g/mol. The third kappa shape index (κ3) is 3.46. The van der Waals surface area contributed by atoms with Crippen molar-refractivity contribution in [3.05, 3.63) is 34.9 Å². The van der Waals surface area contributed by atoms with Gasteiger partial charge in [-0.05, 0) is 68.9 Å². The van der Waals surface area contributed by atoms with Crippen molar-refractivity contribution in [2.45, 2.75) is 57.4 Å². The Morgan fingerprint density at radius 3 is 2.52 bits per heavy atom. The van der Waals surface area contributed by atoms with Gasteiger partial charge in [-0.1, -0.05) is 17.7 Å². The molecule has 3 nitrogen and oxygen atoms in total. The molecular formula is C18H25NO2. The highest BCUT2D eigenvalue weighted by Crippen LogP contribution is 2.41. The molecule has 0 atom stereocenters. The average molecular weight is 287 g/mol. The lowest BCUT2D eigenvalue weighted by atomic mass is 9.86. The summed E-state index contributed by atoms with van der Waals surface area (Å²) in [6.07, 6.45) is 6.44. The number of aryl methyl sites for hydroxylation is 1. The summed E-state index contributed by atoms with van der Waals surface area (Å²) in [7, 11) is 0. The molecule has 0 unspecified atom stereocenters. The Hall–Kier alpha value is -1.35. The van der Waals surface area contributed by atoms with E-state index >= 15 is 0 Å². The van der Waals surface area contributed by atoms with Crippen molar-refractivity contribution in [3.8, 4) is 0 Å². The molecule has 1 aromatic carbocycles. The van der Waals surface area contributed by atoms with Gasteiger partial charge in [-0.25, -0.2) is 0 Å². The van der Waals surface area contributed by atoms with Crippen LogP contribution in [0.4, 0.5) is 0 Å². The maximum absolute atomic E-state index is 12.6. The van der Waals surface area contributed by atoms with Crippen molar-refractivity contribution in [1.82, 2.24) is 5.32 Å². The molecule has 3 rings (SSSR count). The molecule has 0 aromatic heterocycles. The van der Waals surface area contributed by atoms with Crippen molar-refractivity contribution < 1.29 is 9.90 Å². The fourth-order valence-electron chi connectivity index (χ4n) is 3.37. The van der Waals surface area contributed by atoms with Crippen LogP contribution >= 0.6 is 0 Å². The number of amides is 1. The smallest absolute Gasteiger partial charge is 0.251 e. The minimum Gasteiger partial charge on any atom is -0.396 e. The number of aliphatic hydroxyl groups excluding tert-OH is 1. The number of hydrogen-bond donors (Lipinski definition) is 2. The van der Waals surface area contributed by atoms with Crippen LogP contribution in [-0.4, -0.2) is 23.7 Å². The minimum atomic E-state index is 0.0908. The standard InChI is InChI=1S/C18H25NO2/c1-12-2-9-16(14-5-6-14)17(10-12)18(21)19-15-7-3-13(11-20)4-8-15/h2,9-10,13-15,20H,3-8,11H2,1H3,(H,19,21). The van der Waals surface area contributed by atoms with Gasteiger partial charge in [0.05, 0.1) is 0 Å². The third-order valence-electron chi connectivity index (χ3n) is 4.91. The Balaban J connectivity index is 1.67. The molecule has 1 amide bonds. The van der Waals surface area contributed by atoms with Crippen molar-refractivity contribution >= 4 is 5.91 Å². The molecule has 21 heavy (non-hydrogen) atoms. The van der Waals surface area contributed by atoms with E-state index in [1.54, 1.807) is 0 Å². The van der Waals surface area contributed by atoms with Crippen LogP contribution in [0.5, 0.6) is 0 Å². The molecule has 3 heteroatoms. The molecule has 2 fully saturated rings. The fraction of sp³-hybridized carbons (Fsp3) is 0.611. The van der Waals surface area contributed by atoms with E-state index in [1.165, 1.54) is 18.4 Å². The Morgan fingerprint density at radius 2 is 1.90 bits per heavy atom. The molecule has 0 heterocycles. The van der Waals surface area contributed by atoms with E-state index in [2.05, 4.69) is 17.4 Å². The molecule has 0 spiro atoms. The van der Waals surface area contributed by atoms with Crippen LogP contribution in [-0.2, 0) is 0 Å². The summed E-state index contributed by atoms with van der Waals surface area (Å²) in [5, 5.41) is 12.4. The molecule has 2 saturated carbocycles. The maximum atomic E-state index is 12.6. The van der Waals surface area contributed by atoms with Gasteiger partial charge in [-0.15, -0.1) is 0 Å². The lowest BCUT2D eigenvalue weighted by Crippen LogP contribution is -2.38. The van der Waals surface area contributed by atoms with Gasteiger partial charge in [0.2, 0.25) is 0 Å². The molecule has 2 N–H and O–H groups in total. The van der Waals surface area contributed by atoms with Crippen molar-refractivity contribution in [1.29, 1.82) is 0 Å². The first-order chi connectivity index (χ1) is 10.2. The lowest BCUT2D eigenvalue weighted by molar-refractivity contribution is 0.0913. The van der Waals surface area contributed by atoms with Crippen LogP contribution in [0.15, 0.2) is 18.2 Å². The van der Waals surface area contributed by atoms with Crippen LogP contribution in [0.25, 0.3) is 0 Å². The summed E-state index contributed by atoms with van der Waals surface area (Å²) in [5.74, 6) is 1.11. The van der Waals surface area contributed by atoms with Gasteiger partial charge >= 0.3 is 0 Å². The van der Waals surface area contributed by atoms with Gasteiger partial charge < -0.3 is 10.4 Å². The number of benzene rings is 1. The molecule has 0 saturated heterocycles. The van der Waals surface area contributed by atoms with Crippen LogP contribution in [0, 0.1) is 12.8 Å². The first-order valence-corrected chi connectivity index (χ1v) is 8.19. The largest absolute Gasteiger partial charge is 0.396 e. The zero-order chi connectivity index (χ0) is 14.8. The highest BCUT2D eigenvalue weighted by molar-refractivity contribution is 5.96. The zero-order valence-electron chi connectivity index (χ0n) is 12.8. The first kappa shape index (κ1) is 14.6. The lowest BCUT2D eigenvalue weighted by Gasteiger charge is -2.28. The predicted octanol–water partition coefficient (Wildman–Crippen LogP) is 3.15. The van der Waals surface area contributed by atoms with E-state index in [-0.39, 0.29) is 18.6 Å². The van der Waals surface area contributed by atoms with E-state index in [9.17, 15) is 9.90 Å². The van der Waals surface area contributed by atoms with Gasteiger partial charge in [-0.3, -0.25) is 4.79 Å². The molecule has 0 radical (unpaired) electrons. The summed E-state index contributed by atoms with van der Waals surface area (Å²) in [6.45, 7) is 2.32. The second-order valence-corrected chi connectivity index (χ2v) is 6.74. The topological polar surface area (TPSA) is 49.3 Å². The molecule has 0 aliphatic heterocycles. The zero-order valence-corrected chi connectivity index (χ0v) is 12.8. The molecular weight excluding hydrogens is 262 g/mol. The normalized spacial score (nSPS) is 25.6. The SMILES string of the molecule is Cc1ccc(C2CC2)c(C(=O)NC2CCC(CO)CC2)c1. The Bertz CT molecular complexity index is 514. The number of rotatable bonds is 4. The van der Waals surface area contributed by atoms with E-state index in [0.717, 1.165) is 36.8 Å². The fourth-order valence-corrected chi connectivity index (χ4v) is 3.37. The molecule has 2 aliphatic rings.